The van der Waals surface area contributed by atoms with Crippen LogP contribution in [0.1, 0.15) is 20.8 Å². The molecule has 5 heteroatoms. The Morgan fingerprint density at radius 2 is 2.16 bits per heavy atom. The van der Waals surface area contributed by atoms with E-state index in [4.69, 9.17) is 5.11 Å². The first-order valence-electron chi connectivity index (χ1n) is 5.79. The third kappa shape index (κ3) is 3.89. The maximum atomic E-state index is 11.1. The molecule has 1 heterocycles. The second-order valence-corrected chi connectivity index (χ2v) is 6.21. The fraction of sp³-hybridized carbons (Fsp3) is 0.214. The molecule has 1 aromatic heterocycles. The molecule has 0 unspecified atom stereocenters. The number of thiophene rings is 1. The van der Waals surface area contributed by atoms with Crippen molar-refractivity contribution in [1.82, 2.24) is 4.90 Å². The van der Waals surface area contributed by atoms with Gasteiger partial charge in [0.2, 0.25) is 0 Å². The van der Waals surface area contributed by atoms with Gasteiger partial charge in [0.25, 0.3) is 0 Å². The van der Waals surface area contributed by atoms with Crippen LogP contribution in [0.15, 0.2) is 40.2 Å². The molecule has 0 aliphatic carbocycles. The molecule has 0 atom stereocenters. The SMILES string of the molecule is CN(Cc1cccc(Br)c1)Cc1ccsc1C(=O)O. The topological polar surface area (TPSA) is 40.5 Å². The van der Waals surface area contributed by atoms with E-state index < -0.39 is 5.97 Å². The summed E-state index contributed by atoms with van der Waals surface area (Å²) in [6, 6.07) is 10.0. The molecule has 1 N–H and O–H groups in total. The number of nitrogens with zero attached hydrogens (tertiary/aromatic N) is 1. The number of halogens is 1. The maximum absolute atomic E-state index is 11.1. The van der Waals surface area contributed by atoms with Crippen LogP contribution in [0.5, 0.6) is 0 Å². The van der Waals surface area contributed by atoms with Crippen molar-refractivity contribution < 1.29 is 9.90 Å². The van der Waals surface area contributed by atoms with Crippen molar-refractivity contribution in [3.63, 3.8) is 0 Å². The van der Waals surface area contributed by atoms with Gasteiger partial charge in [0.1, 0.15) is 4.88 Å². The minimum Gasteiger partial charge on any atom is -0.477 e. The summed E-state index contributed by atoms with van der Waals surface area (Å²) in [5, 5.41) is 10.9. The van der Waals surface area contributed by atoms with E-state index >= 15 is 0 Å². The lowest BCUT2D eigenvalue weighted by molar-refractivity contribution is 0.0700. The Hall–Kier alpha value is -1.17. The number of aromatic carboxylic acids is 1. The van der Waals surface area contributed by atoms with Crippen LogP contribution in [0.25, 0.3) is 0 Å². The fourth-order valence-corrected chi connectivity index (χ4v) is 3.14. The lowest BCUT2D eigenvalue weighted by Crippen LogP contribution is -2.18. The number of carboxylic acids is 1. The van der Waals surface area contributed by atoms with Gasteiger partial charge in [-0.15, -0.1) is 11.3 Å². The van der Waals surface area contributed by atoms with Crippen LogP contribution in [0, 0.1) is 0 Å². The third-order valence-corrected chi connectivity index (χ3v) is 4.16. The molecule has 0 bridgehead atoms. The van der Waals surface area contributed by atoms with Gasteiger partial charge in [-0.1, -0.05) is 28.1 Å². The molecule has 0 aliphatic heterocycles. The van der Waals surface area contributed by atoms with Gasteiger partial charge in [-0.3, -0.25) is 4.90 Å². The summed E-state index contributed by atoms with van der Waals surface area (Å²) in [4.78, 5) is 13.6. The molecule has 3 nitrogen and oxygen atoms in total. The van der Waals surface area contributed by atoms with Gasteiger partial charge in [0.15, 0.2) is 0 Å². The first kappa shape index (κ1) is 14.2. The van der Waals surface area contributed by atoms with E-state index in [0.717, 1.165) is 16.6 Å². The Bertz CT molecular complexity index is 582. The van der Waals surface area contributed by atoms with Crippen LogP contribution in [-0.2, 0) is 13.1 Å². The van der Waals surface area contributed by atoms with E-state index in [1.807, 2.05) is 30.6 Å². The van der Waals surface area contributed by atoms with Gasteiger partial charge < -0.3 is 5.11 Å². The highest BCUT2D eigenvalue weighted by molar-refractivity contribution is 9.10. The monoisotopic (exact) mass is 339 g/mol. The van der Waals surface area contributed by atoms with Gasteiger partial charge in [-0.25, -0.2) is 4.79 Å². The second kappa shape index (κ2) is 6.32. The number of rotatable bonds is 5. The lowest BCUT2D eigenvalue weighted by atomic mass is 10.2. The molecule has 19 heavy (non-hydrogen) atoms. The molecule has 0 amide bonds. The molecule has 0 saturated heterocycles. The molecule has 1 aromatic carbocycles. The van der Waals surface area contributed by atoms with Crippen molar-refractivity contribution in [3.8, 4) is 0 Å². The van der Waals surface area contributed by atoms with E-state index in [9.17, 15) is 4.79 Å². The van der Waals surface area contributed by atoms with Crippen molar-refractivity contribution >= 4 is 33.2 Å². The lowest BCUT2D eigenvalue weighted by Gasteiger charge is -2.16. The van der Waals surface area contributed by atoms with Gasteiger partial charge in [-0.05, 0) is 41.8 Å². The first-order chi connectivity index (χ1) is 9.06. The predicted octanol–water partition coefficient (Wildman–Crippen LogP) is 3.84. The zero-order chi connectivity index (χ0) is 13.8. The summed E-state index contributed by atoms with van der Waals surface area (Å²) in [5.41, 5.74) is 2.07. The van der Waals surface area contributed by atoms with E-state index in [2.05, 4.69) is 33.0 Å². The molecule has 2 rings (SSSR count). The van der Waals surface area contributed by atoms with Crippen LogP contribution >= 0.6 is 27.3 Å². The van der Waals surface area contributed by atoms with Crippen LogP contribution in [0.4, 0.5) is 0 Å². The Kier molecular flexibility index (Phi) is 4.74. The highest BCUT2D eigenvalue weighted by Gasteiger charge is 2.13. The first-order valence-corrected chi connectivity index (χ1v) is 7.46. The highest BCUT2D eigenvalue weighted by Crippen LogP contribution is 2.19. The van der Waals surface area contributed by atoms with E-state index in [-0.39, 0.29) is 0 Å². The number of benzene rings is 1. The molecule has 0 radical (unpaired) electrons. The number of hydrogen-bond donors (Lipinski definition) is 1. The molecule has 0 aliphatic rings. The zero-order valence-electron chi connectivity index (χ0n) is 10.5. The summed E-state index contributed by atoms with van der Waals surface area (Å²) in [5.74, 6) is -0.846. The van der Waals surface area contributed by atoms with Crippen molar-refractivity contribution in [3.05, 3.63) is 56.2 Å². The van der Waals surface area contributed by atoms with Crippen molar-refractivity contribution in [1.29, 1.82) is 0 Å². The fourth-order valence-electron chi connectivity index (χ4n) is 1.94. The van der Waals surface area contributed by atoms with Crippen LogP contribution < -0.4 is 0 Å². The highest BCUT2D eigenvalue weighted by atomic mass is 79.9. The van der Waals surface area contributed by atoms with E-state index in [1.165, 1.54) is 16.9 Å². The molecule has 100 valence electrons. The largest absolute Gasteiger partial charge is 0.477 e. The van der Waals surface area contributed by atoms with Crippen molar-refractivity contribution in [2.24, 2.45) is 0 Å². The number of carbonyl (C=O) groups is 1. The Morgan fingerprint density at radius 1 is 1.37 bits per heavy atom. The molecule has 2 aromatic rings. The average Bonchev–Trinajstić information content (AvgIpc) is 2.76. The molecular formula is C14H14BrNO2S. The van der Waals surface area contributed by atoms with E-state index in [0.29, 0.717) is 11.4 Å². The molecule has 0 saturated carbocycles. The Labute approximate surface area is 124 Å². The quantitative estimate of drug-likeness (QED) is 0.899. The number of carboxylic acid groups (broad SMARTS) is 1. The van der Waals surface area contributed by atoms with Crippen LogP contribution in [0.3, 0.4) is 0 Å². The molecule has 0 spiro atoms. The van der Waals surface area contributed by atoms with Gasteiger partial charge in [-0.2, -0.15) is 0 Å². The Morgan fingerprint density at radius 3 is 2.84 bits per heavy atom. The Balaban J connectivity index is 2.03. The maximum Gasteiger partial charge on any atom is 0.346 e. The summed E-state index contributed by atoms with van der Waals surface area (Å²) >= 11 is 4.72. The standard InChI is InChI=1S/C14H14BrNO2S/c1-16(8-10-3-2-4-12(15)7-10)9-11-5-6-19-13(11)14(17)18/h2-7H,8-9H2,1H3,(H,17,18). The minimum atomic E-state index is -0.846. The number of hydrogen-bond acceptors (Lipinski definition) is 3. The van der Waals surface area contributed by atoms with Crippen molar-refractivity contribution in [2.45, 2.75) is 13.1 Å². The summed E-state index contributed by atoms with van der Waals surface area (Å²) in [6.45, 7) is 1.42. The molecule has 0 fully saturated rings. The zero-order valence-corrected chi connectivity index (χ0v) is 12.9. The van der Waals surface area contributed by atoms with Gasteiger partial charge in [0.05, 0.1) is 0 Å². The predicted molar refractivity (Wildman–Crippen MR) is 80.6 cm³/mol. The van der Waals surface area contributed by atoms with Gasteiger partial charge in [0, 0.05) is 17.6 Å². The second-order valence-electron chi connectivity index (χ2n) is 4.38. The van der Waals surface area contributed by atoms with Crippen molar-refractivity contribution in [2.75, 3.05) is 7.05 Å². The normalized spacial score (nSPS) is 10.9. The van der Waals surface area contributed by atoms with E-state index in [1.54, 1.807) is 0 Å². The smallest absolute Gasteiger partial charge is 0.346 e. The summed E-state index contributed by atoms with van der Waals surface area (Å²) < 4.78 is 1.06. The van der Waals surface area contributed by atoms with Gasteiger partial charge >= 0.3 is 5.97 Å². The van der Waals surface area contributed by atoms with Crippen LogP contribution in [-0.4, -0.2) is 23.0 Å². The minimum absolute atomic E-state index is 0.432. The van der Waals surface area contributed by atoms with Crippen LogP contribution in [0.2, 0.25) is 0 Å². The summed E-state index contributed by atoms with van der Waals surface area (Å²) in [6.07, 6.45) is 0. The average molecular weight is 340 g/mol. The third-order valence-electron chi connectivity index (χ3n) is 2.72. The summed E-state index contributed by atoms with van der Waals surface area (Å²) in [7, 11) is 1.99. The molecular weight excluding hydrogens is 326 g/mol.